The molecule has 0 aromatic carbocycles. The molecule has 0 aliphatic carbocycles. The zero-order chi connectivity index (χ0) is 10.9. The van der Waals surface area contributed by atoms with Crippen molar-refractivity contribution in [1.29, 1.82) is 0 Å². The van der Waals surface area contributed by atoms with Gasteiger partial charge in [-0.15, -0.1) is 0 Å². The highest BCUT2D eigenvalue weighted by molar-refractivity contribution is 7.98. The van der Waals surface area contributed by atoms with Crippen molar-refractivity contribution in [3.05, 3.63) is 0 Å². The average molecular weight is 205 g/mol. The van der Waals surface area contributed by atoms with Crippen molar-refractivity contribution in [3.63, 3.8) is 0 Å². The van der Waals surface area contributed by atoms with Crippen molar-refractivity contribution in [2.24, 2.45) is 11.7 Å². The summed E-state index contributed by atoms with van der Waals surface area (Å²) >= 11 is 1.73. The predicted molar refractivity (Wildman–Crippen MR) is 62.2 cm³/mol. The molecule has 2 N–H and O–H groups in total. The average Bonchev–Trinajstić information content (AvgIpc) is 2.16. The van der Waals surface area contributed by atoms with Crippen LogP contribution >= 0.6 is 11.8 Å². The Labute approximate surface area is 86.7 Å². The van der Waals surface area contributed by atoms with Crippen LogP contribution in [0, 0.1) is 5.92 Å². The number of hydrogen-bond acceptors (Lipinski definition) is 3. The highest BCUT2D eigenvalue weighted by Gasteiger charge is 2.15. The number of rotatable bonds is 5. The van der Waals surface area contributed by atoms with Gasteiger partial charge in [0.2, 0.25) is 0 Å². The Hall–Kier alpha value is -0.0200. The lowest BCUT2D eigenvalue weighted by atomic mass is 10.0. The Bertz CT molecular complexity index is 126. The lowest BCUT2D eigenvalue weighted by Gasteiger charge is -2.11. The zero-order valence-electron chi connectivity index (χ0n) is 9.46. The van der Waals surface area contributed by atoms with Crippen LogP contribution in [0.25, 0.3) is 0 Å². The second-order valence-corrected chi connectivity index (χ2v) is 3.93. The molecule has 0 aromatic rings. The van der Waals surface area contributed by atoms with Crippen LogP contribution in [-0.4, -0.2) is 23.8 Å². The molecule has 3 heteroatoms. The molecule has 0 heterocycles. The van der Waals surface area contributed by atoms with E-state index in [0.717, 1.165) is 12.2 Å². The normalized spacial score (nSPS) is 11.9. The summed E-state index contributed by atoms with van der Waals surface area (Å²) in [6.07, 6.45) is 2.82. The number of nitrogens with two attached hydrogens (primary N) is 1. The standard InChI is InChI=1S/C8H17NOS.C2H6/c1-6(2)8(10)7(9)4-5-11-3;1-2/h6-7H,4-5,9H2,1-3H3;1-2H3. The summed E-state index contributed by atoms with van der Waals surface area (Å²) in [6, 6.07) is -0.248. The summed E-state index contributed by atoms with van der Waals surface area (Å²) < 4.78 is 0. The fourth-order valence-electron chi connectivity index (χ4n) is 0.815. The second-order valence-electron chi connectivity index (χ2n) is 2.95. The Morgan fingerprint density at radius 2 is 1.85 bits per heavy atom. The fourth-order valence-corrected chi connectivity index (χ4v) is 1.30. The smallest absolute Gasteiger partial charge is 0.152 e. The number of carbonyl (C=O) groups is 1. The van der Waals surface area contributed by atoms with Gasteiger partial charge >= 0.3 is 0 Å². The Morgan fingerprint density at radius 3 is 2.15 bits per heavy atom. The minimum atomic E-state index is -0.248. The van der Waals surface area contributed by atoms with Crippen molar-refractivity contribution in [3.8, 4) is 0 Å². The van der Waals surface area contributed by atoms with Crippen LogP contribution in [0.1, 0.15) is 34.1 Å². The van der Waals surface area contributed by atoms with Gasteiger partial charge < -0.3 is 5.73 Å². The number of Topliss-reactive ketones (excluding diaryl/α,β-unsaturated/α-hetero) is 1. The maximum atomic E-state index is 11.2. The lowest BCUT2D eigenvalue weighted by molar-refractivity contribution is -0.123. The van der Waals surface area contributed by atoms with Crippen LogP contribution in [0.5, 0.6) is 0 Å². The van der Waals surface area contributed by atoms with Crippen LogP contribution in [0.4, 0.5) is 0 Å². The van der Waals surface area contributed by atoms with Gasteiger partial charge in [-0.2, -0.15) is 11.8 Å². The quantitative estimate of drug-likeness (QED) is 0.749. The molecule has 0 aliphatic heterocycles. The van der Waals surface area contributed by atoms with Crippen LogP contribution in [0.3, 0.4) is 0 Å². The van der Waals surface area contributed by atoms with E-state index in [-0.39, 0.29) is 17.7 Å². The van der Waals surface area contributed by atoms with E-state index in [9.17, 15) is 4.79 Å². The van der Waals surface area contributed by atoms with Gasteiger partial charge in [-0.1, -0.05) is 27.7 Å². The SMILES string of the molecule is CC.CSCCC(N)C(=O)C(C)C. The summed E-state index contributed by atoms with van der Waals surface area (Å²) in [5, 5.41) is 0. The minimum Gasteiger partial charge on any atom is -0.321 e. The molecule has 0 rings (SSSR count). The van der Waals surface area contributed by atoms with E-state index in [1.165, 1.54) is 0 Å². The van der Waals surface area contributed by atoms with E-state index in [1.54, 1.807) is 11.8 Å². The topological polar surface area (TPSA) is 43.1 Å². The lowest BCUT2D eigenvalue weighted by Crippen LogP contribution is -2.34. The molecular weight excluding hydrogens is 182 g/mol. The molecule has 0 bridgehead atoms. The monoisotopic (exact) mass is 205 g/mol. The molecule has 0 aromatic heterocycles. The summed E-state index contributed by atoms with van der Waals surface area (Å²) in [7, 11) is 0. The molecule has 1 unspecified atom stereocenters. The fraction of sp³-hybridized carbons (Fsp3) is 0.900. The first kappa shape index (κ1) is 15.5. The van der Waals surface area contributed by atoms with E-state index in [4.69, 9.17) is 5.73 Å². The van der Waals surface area contributed by atoms with Crippen molar-refractivity contribution < 1.29 is 4.79 Å². The first-order chi connectivity index (χ1) is 6.09. The third kappa shape index (κ3) is 8.31. The number of hydrogen-bond donors (Lipinski definition) is 1. The molecule has 80 valence electrons. The highest BCUT2D eigenvalue weighted by Crippen LogP contribution is 2.04. The molecular formula is C10H23NOS. The van der Waals surface area contributed by atoms with Gasteiger partial charge in [0, 0.05) is 5.92 Å². The molecule has 0 saturated carbocycles. The van der Waals surface area contributed by atoms with E-state index in [0.29, 0.717) is 0 Å². The minimum absolute atomic E-state index is 0.0758. The highest BCUT2D eigenvalue weighted by atomic mass is 32.2. The maximum Gasteiger partial charge on any atom is 0.152 e. The molecule has 1 atom stereocenters. The van der Waals surface area contributed by atoms with Crippen LogP contribution in [-0.2, 0) is 4.79 Å². The van der Waals surface area contributed by atoms with E-state index in [2.05, 4.69) is 0 Å². The van der Waals surface area contributed by atoms with Crippen molar-refractivity contribution in [1.82, 2.24) is 0 Å². The van der Waals surface area contributed by atoms with Crippen molar-refractivity contribution in [2.45, 2.75) is 40.2 Å². The van der Waals surface area contributed by atoms with Gasteiger partial charge in [0.05, 0.1) is 6.04 Å². The van der Waals surface area contributed by atoms with Gasteiger partial charge in [-0.25, -0.2) is 0 Å². The largest absolute Gasteiger partial charge is 0.321 e. The molecule has 0 amide bonds. The third-order valence-electron chi connectivity index (χ3n) is 1.57. The number of thioether (sulfide) groups is 1. The third-order valence-corrected chi connectivity index (χ3v) is 2.21. The first-order valence-corrected chi connectivity index (χ1v) is 6.27. The molecule has 0 saturated heterocycles. The molecule has 0 fully saturated rings. The van der Waals surface area contributed by atoms with Crippen molar-refractivity contribution >= 4 is 17.5 Å². The Kier molecular flexibility index (Phi) is 12.0. The van der Waals surface area contributed by atoms with E-state index in [1.807, 2.05) is 34.0 Å². The van der Waals surface area contributed by atoms with E-state index >= 15 is 0 Å². The first-order valence-electron chi connectivity index (χ1n) is 4.87. The van der Waals surface area contributed by atoms with Crippen LogP contribution < -0.4 is 5.73 Å². The summed E-state index contributed by atoms with van der Waals surface area (Å²) in [6.45, 7) is 7.78. The molecule has 0 spiro atoms. The summed E-state index contributed by atoms with van der Waals surface area (Å²) in [4.78, 5) is 11.2. The van der Waals surface area contributed by atoms with Crippen LogP contribution in [0.2, 0.25) is 0 Å². The summed E-state index contributed by atoms with van der Waals surface area (Å²) in [5.74, 6) is 1.23. The van der Waals surface area contributed by atoms with Gasteiger partial charge in [-0.3, -0.25) is 4.79 Å². The maximum absolute atomic E-state index is 11.2. The summed E-state index contributed by atoms with van der Waals surface area (Å²) in [5.41, 5.74) is 5.64. The molecule has 0 aliphatic rings. The van der Waals surface area contributed by atoms with Gasteiger partial charge in [0.15, 0.2) is 5.78 Å². The Balaban J connectivity index is 0. The second kappa shape index (κ2) is 10.1. The van der Waals surface area contributed by atoms with E-state index < -0.39 is 0 Å². The zero-order valence-corrected chi connectivity index (χ0v) is 10.3. The van der Waals surface area contributed by atoms with Gasteiger partial charge in [0.1, 0.15) is 0 Å². The molecule has 0 radical (unpaired) electrons. The van der Waals surface area contributed by atoms with Gasteiger partial charge in [0.25, 0.3) is 0 Å². The molecule has 2 nitrogen and oxygen atoms in total. The Morgan fingerprint density at radius 1 is 1.38 bits per heavy atom. The van der Waals surface area contributed by atoms with Crippen LogP contribution in [0.15, 0.2) is 0 Å². The number of carbonyl (C=O) groups excluding carboxylic acids is 1. The van der Waals surface area contributed by atoms with Crippen molar-refractivity contribution in [2.75, 3.05) is 12.0 Å². The predicted octanol–water partition coefficient (Wildman–Crippen LogP) is 2.32. The number of ketones is 1. The van der Waals surface area contributed by atoms with Gasteiger partial charge in [-0.05, 0) is 18.4 Å². The molecule has 13 heavy (non-hydrogen) atoms.